The second-order valence-corrected chi connectivity index (χ2v) is 3.74. The number of hydrogen-bond acceptors (Lipinski definition) is 4. The zero-order valence-corrected chi connectivity index (χ0v) is 8.05. The number of rotatable bonds is 2. The van der Waals surface area contributed by atoms with Crippen molar-refractivity contribution in [2.24, 2.45) is 0 Å². The van der Waals surface area contributed by atoms with E-state index < -0.39 is 21.1 Å². The maximum atomic E-state index is 12.6. The molecule has 0 saturated carbocycles. The molecule has 4 nitrogen and oxygen atoms in total. The smallest absolute Gasteiger partial charge is 0.339 e. The molecule has 1 rings (SSSR count). The van der Waals surface area contributed by atoms with Crippen LogP contribution in [0.5, 0.6) is 0 Å². The summed E-state index contributed by atoms with van der Waals surface area (Å²) in [7, 11) is -3.80. The second kappa shape index (κ2) is 3.75. The molecule has 0 radical (unpaired) electrons. The fourth-order valence-electron chi connectivity index (χ4n) is 0.958. The number of benzene rings is 1. The molecule has 0 atom stereocenters. The van der Waals surface area contributed by atoms with E-state index in [1.165, 1.54) is 18.2 Å². The van der Waals surface area contributed by atoms with E-state index in [2.05, 4.69) is 4.74 Å². The summed E-state index contributed by atoms with van der Waals surface area (Å²) < 4.78 is 38.1. The highest BCUT2D eigenvalue weighted by molar-refractivity contribution is 7.86. The normalized spacial score (nSPS) is 11.0. The maximum Gasteiger partial charge on any atom is 0.339 e. The Hall–Kier alpha value is -1.43. The molecule has 0 N–H and O–H groups in total. The van der Waals surface area contributed by atoms with E-state index in [9.17, 15) is 17.1 Å². The molecule has 6 heteroatoms. The Bertz CT molecular complexity index is 452. The highest BCUT2D eigenvalue weighted by Crippen LogP contribution is 2.18. The number of carbonyl (C=O) groups is 1. The van der Waals surface area contributed by atoms with Gasteiger partial charge in [0.1, 0.15) is 4.90 Å². The summed E-state index contributed by atoms with van der Waals surface area (Å²) in [6.45, 7) is 0. The topological polar surface area (TPSA) is 60.4 Å². The largest absolute Gasteiger partial charge is 0.465 e. The van der Waals surface area contributed by atoms with Gasteiger partial charge in [-0.1, -0.05) is 12.1 Å². The van der Waals surface area contributed by atoms with Crippen molar-refractivity contribution in [1.82, 2.24) is 0 Å². The lowest BCUT2D eigenvalue weighted by atomic mass is 10.2. The number of methoxy groups -OCH3 is 1. The molecule has 76 valence electrons. The van der Waals surface area contributed by atoms with E-state index in [1.807, 2.05) is 0 Å². The predicted molar refractivity (Wildman–Crippen MR) is 46.1 cm³/mol. The van der Waals surface area contributed by atoms with E-state index in [0.29, 0.717) is 0 Å². The average molecular weight is 218 g/mol. The maximum absolute atomic E-state index is 12.6. The van der Waals surface area contributed by atoms with Crippen LogP contribution in [0.3, 0.4) is 0 Å². The summed E-state index contributed by atoms with van der Waals surface area (Å²) in [6, 6.07) is 4.92. The zero-order valence-electron chi connectivity index (χ0n) is 7.23. The molecule has 0 unspecified atom stereocenters. The first kappa shape index (κ1) is 10.6. The SMILES string of the molecule is COC(=O)c1ccccc1S(=O)(=O)F. The van der Waals surface area contributed by atoms with Crippen LogP contribution in [0.25, 0.3) is 0 Å². The molecular formula is C8H7FO4S. The third kappa shape index (κ3) is 2.08. The molecule has 0 fully saturated rings. The van der Waals surface area contributed by atoms with E-state index in [-0.39, 0.29) is 5.56 Å². The van der Waals surface area contributed by atoms with E-state index in [1.54, 1.807) is 0 Å². The van der Waals surface area contributed by atoms with Crippen LogP contribution < -0.4 is 0 Å². The number of esters is 1. The van der Waals surface area contributed by atoms with Gasteiger partial charge in [-0.05, 0) is 12.1 Å². The fourth-order valence-corrected chi connectivity index (χ4v) is 1.61. The highest BCUT2D eigenvalue weighted by Gasteiger charge is 2.21. The van der Waals surface area contributed by atoms with Gasteiger partial charge in [-0.15, -0.1) is 3.89 Å². The lowest BCUT2D eigenvalue weighted by molar-refractivity contribution is 0.0596. The van der Waals surface area contributed by atoms with Gasteiger partial charge in [-0.2, -0.15) is 8.42 Å². The first-order valence-corrected chi connectivity index (χ1v) is 4.97. The Kier molecular flexibility index (Phi) is 2.85. The lowest BCUT2D eigenvalue weighted by Crippen LogP contribution is -2.07. The number of carbonyl (C=O) groups excluding carboxylic acids is 1. The fraction of sp³-hybridized carbons (Fsp3) is 0.125. The summed E-state index contributed by atoms with van der Waals surface area (Å²) in [6.07, 6.45) is 0. The van der Waals surface area contributed by atoms with Gasteiger partial charge in [0, 0.05) is 0 Å². The number of halogens is 1. The van der Waals surface area contributed by atoms with Gasteiger partial charge in [0.05, 0.1) is 12.7 Å². The van der Waals surface area contributed by atoms with Gasteiger partial charge >= 0.3 is 16.2 Å². The number of hydrogen-bond donors (Lipinski definition) is 0. The molecular weight excluding hydrogens is 211 g/mol. The summed E-state index contributed by atoms with van der Waals surface area (Å²) in [5.74, 6) is -0.887. The van der Waals surface area contributed by atoms with Gasteiger partial charge < -0.3 is 4.74 Å². The molecule has 14 heavy (non-hydrogen) atoms. The van der Waals surface area contributed by atoms with Crippen LogP contribution in [0.4, 0.5) is 3.89 Å². The Morgan fingerprint density at radius 1 is 1.36 bits per heavy atom. The van der Waals surface area contributed by atoms with Crippen molar-refractivity contribution in [2.75, 3.05) is 7.11 Å². The van der Waals surface area contributed by atoms with Crippen molar-refractivity contribution in [1.29, 1.82) is 0 Å². The Balaban J connectivity index is 3.38. The first-order chi connectivity index (χ1) is 6.46. The van der Waals surface area contributed by atoms with Gasteiger partial charge in [0.2, 0.25) is 0 Å². The lowest BCUT2D eigenvalue weighted by Gasteiger charge is -2.02. The van der Waals surface area contributed by atoms with Gasteiger partial charge in [0.25, 0.3) is 0 Å². The van der Waals surface area contributed by atoms with E-state index >= 15 is 0 Å². The molecule has 0 aliphatic rings. The molecule has 0 aliphatic carbocycles. The average Bonchev–Trinajstić information content (AvgIpc) is 2.15. The van der Waals surface area contributed by atoms with Gasteiger partial charge in [-0.25, -0.2) is 4.79 Å². The first-order valence-electron chi connectivity index (χ1n) is 3.59. The van der Waals surface area contributed by atoms with Crippen LogP contribution in [-0.4, -0.2) is 21.5 Å². The van der Waals surface area contributed by atoms with Gasteiger partial charge in [-0.3, -0.25) is 0 Å². The molecule has 1 aromatic rings. The van der Waals surface area contributed by atoms with Crippen LogP contribution in [0.2, 0.25) is 0 Å². The van der Waals surface area contributed by atoms with Crippen molar-refractivity contribution in [3.8, 4) is 0 Å². The molecule has 0 aliphatic heterocycles. The quantitative estimate of drug-likeness (QED) is 0.551. The minimum Gasteiger partial charge on any atom is -0.465 e. The van der Waals surface area contributed by atoms with Crippen LogP contribution in [0.15, 0.2) is 29.2 Å². The summed E-state index contributed by atoms with van der Waals surface area (Å²) >= 11 is 0. The Morgan fingerprint density at radius 3 is 2.43 bits per heavy atom. The third-order valence-electron chi connectivity index (χ3n) is 1.56. The van der Waals surface area contributed by atoms with Gasteiger partial charge in [0.15, 0.2) is 0 Å². The third-order valence-corrected chi connectivity index (χ3v) is 2.44. The molecule has 0 amide bonds. The Morgan fingerprint density at radius 2 is 1.93 bits per heavy atom. The van der Waals surface area contributed by atoms with E-state index in [0.717, 1.165) is 13.2 Å². The molecule has 0 aromatic heterocycles. The monoisotopic (exact) mass is 218 g/mol. The predicted octanol–water partition coefficient (Wildman–Crippen LogP) is 1.13. The van der Waals surface area contributed by atoms with Crippen LogP contribution in [-0.2, 0) is 15.0 Å². The van der Waals surface area contributed by atoms with Crippen LogP contribution in [0.1, 0.15) is 10.4 Å². The zero-order chi connectivity index (χ0) is 10.8. The van der Waals surface area contributed by atoms with Crippen molar-refractivity contribution in [2.45, 2.75) is 4.90 Å². The summed E-state index contributed by atoms with van der Waals surface area (Å²) in [5, 5.41) is 0. The second-order valence-electron chi connectivity index (χ2n) is 2.43. The standard InChI is InChI=1S/C8H7FO4S/c1-13-8(10)6-4-2-3-5-7(6)14(9,11)12/h2-5H,1H3. The van der Waals surface area contributed by atoms with Crippen LogP contribution in [0, 0.1) is 0 Å². The highest BCUT2D eigenvalue weighted by atomic mass is 32.3. The minimum atomic E-state index is -4.89. The van der Waals surface area contributed by atoms with Crippen molar-refractivity contribution < 1.29 is 21.8 Å². The van der Waals surface area contributed by atoms with Crippen molar-refractivity contribution in [3.05, 3.63) is 29.8 Å². The van der Waals surface area contributed by atoms with Crippen molar-refractivity contribution >= 4 is 16.2 Å². The minimum absolute atomic E-state index is 0.308. The molecule has 0 bridgehead atoms. The molecule has 1 aromatic carbocycles. The molecule has 0 saturated heterocycles. The summed E-state index contributed by atoms with van der Waals surface area (Å²) in [5.41, 5.74) is -0.308. The Labute approximate surface area is 80.5 Å². The molecule has 0 heterocycles. The molecule has 0 spiro atoms. The van der Waals surface area contributed by atoms with Crippen molar-refractivity contribution in [3.63, 3.8) is 0 Å². The van der Waals surface area contributed by atoms with E-state index in [4.69, 9.17) is 0 Å². The summed E-state index contributed by atoms with van der Waals surface area (Å²) in [4.78, 5) is 10.4. The van der Waals surface area contributed by atoms with Crippen LogP contribution >= 0.6 is 0 Å². The number of ether oxygens (including phenoxy) is 1.